The number of rotatable bonds is 3. The van der Waals surface area contributed by atoms with E-state index in [0.717, 1.165) is 5.75 Å². The molecule has 0 spiro atoms. The van der Waals surface area contributed by atoms with E-state index >= 15 is 0 Å². The smallest absolute Gasteiger partial charge is 0.169 e. The molecule has 0 radical (unpaired) electrons. The topological polar surface area (TPSA) is 38.7 Å². The fourth-order valence-electron chi connectivity index (χ4n) is 1.63. The van der Waals surface area contributed by atoms with E-state index in [1.165, 1.54) is 0 Å². The van der Waals surface area contributed by atoms with Crippen molar-refractivity contribution in [3.05, 3.63) is 36.9 Å². The largest absolute Gasteiger partial charge is 0.485 e. The molecule has 1 aliphatic rings. The van der Waals surface area contributed by atoms with Crippen molar-refractivity contribution in [2.45, 2.75) is 12.0 Å². The molecule has 15 heavy (non-hydrogen) atoms. The van der Waals surface area contributed by atoms with Crippen LogP contribution in [0.5, 0.6) is 11.5 Å². The lowest BCUT2D eigenvalue weighted by atomic mass is 10.0. The summed E-state index contributed by atoms with van der Waals surface area (Å²) in [6.07, 6.45) is 2.30. The van der Waals surface area contributed by atoms with E-state index in [2.05, 4.69) is 6.58 Å². The highest BCUT2D eigenvalue weighted by molar-refractivity contribution is 5.41. The number of hydrogen-bond acceptors (Lipinski definition) is 3. The molecule has 1 aromatic rings. The molecular formula is C12H14O3. The van der Waals surface area contributed by atoms with Crippen LogP contribution in [0.25, 0.3) is 0 Å². The molecule has 1 N–H and O–H groups in total. The fourth-order valence-corrected chi connectivity index (χ4v) is 1.63. The predicted molar refractivity (Wildman–Crippen MR) is 57.2 cm³/mol. The summed E-state index contributed by atoms with van der Waals surface area (Å²) in [5.74, 6) is 1.41. The van der Waals surface area contributed by atoms with Crippen LogP contribution in [-0.4, -0.2) is 23.9 Å². The monoisotopic (exact) mass is 206 g/mol. The maximum Gasteiger partial charge on any atom is 0.169 e. The van der Waals surface area contributed by atoms with Crippen LogP contribution in [-0.2, 0) is 0 Å². The quantitative estimate of drug-likeness (QED) is 0.766. The Morgan fingerprint density at radius 3 is 2.80 bits per heavy atom. The van der Waals surface area contributed by atoms with Gasteiger partial charge < -0.3 is 14.6 Å². The molecule has 1 atom stereocenters. The van der Waals surface area contributed by atoms with Gasteiger partial charge in [-0.05, 0) is 12.1 Å². The molecule has 0 fully saturated rings. The first-order valence-corrected chi connectivity index (χ1v) is 4.92. The molecule has 2 rings (SSSR count). The normalized spacial score (nSPS) is 23.5. The molecule has 0 saturated heterocycles. The molecule has 3 heteroatoms. The number of aliphatic hydroxyl groups excluding tert-OH is 1. The second-order valence-corrected chi connectivity index (χ2v) is 3.67. The summed E-state index contributed by atoms with van der Waals surface area (Å²) in [4.78, 5) is 0. The van der Waals surface area contributed by atoms with Crippen molar-refractivity contribution in [2.75, 3.05) is 13.2 Å². The lowest BCUT2D eigenvalue weighted by Crippen LogP contribution is -2.47. The molecule has 1 aromatic carbocycles. The Labute approximate surface area is 88.9 Å². The first kappa shape index (κ1) is 10.1. The summed E-state index contributed by atoms with van der Waals surface area (Å²) in [6, 6.07) is 7.46. The molecule has 1 unspecified atom stereocenters. The minimum absolute atomic E-state index is 0.0760. The average molecular weight is 206 g/mol. The van der Waals surface area contributed by atoms with Gasteiger partial charge in [-0.3, -0.25) is 0 Å². The van der Waals surface area contributed by atoms with Gasteiger partial charge in [0.15, 0.2) is 17.1 Å². The Hall–Kier alpha value is -1.48. The van der Waals surface area contributed by atoms with Crippen molar-refractivity contribution in [1.29, 1.82) is 0 Å². The highest BCUT2D eigenvalue weighted by Crippen LogP contribution is 2.36. The van der Waals surface area contributed by atoms with Crippen LogP contribution < -0.4 is 9.47 Å². The zero-order valence-electron chi connectivity index (χ0n) is 8.48. The van der Waals surface area contributed by atoms with E-state index in [-0.39, 0.29) is 6.61 Å². The van der Waals surface area contributed by atoms with Gasteiger partial charge in [0.2, 0.25) is 0 Å². The van der Waals surface area contributed by atoms with E-state index < -0.39 is 5.60 Å². The lowest BCUT2D eigenvalue weighted by Gasteiger charge is -2.36. The number of aliphatic hydroxyl groups is 1. The molecule has 3 nitrogen and oxygen atoms in total. The lowest BCUT2D eigenvalue weighted by molar-refractivity contribution is -0.0450. The van der Waals surface area contributed by atoms with Gasteiger partial charge in [-0.15, -0.1) is 6.58 Å². The average Bonchev–Trinajstić information content (AvgIpc) is 2.29. The summed E-state index contributed by atoms with van der Waals surface area (Å²) in [5.41, 5.74) is -0.671. The van der Waals surface area contributed by atoms with Gasteiger partial charge in [0.05, 0.1) is 6.61 Å². The minimum Gasteiger partial charge on any atom is -0.485 e. The summed E-state index contributed by atoms with van der Waals surface area (Å²) < 4.78 is 11.3. The predicted octanol–water partition coefficient (Wildman–Crippen LogP) is 1.76. The van der Waals surface area contributed by atoms with Crippen LogP contribution in [0.2, 0.25) is 0 Å². The Kier molecular flexibility index (Phi) is 2.64. The molecule has 1 heterocycles. The summed E-state index contributed by atoms with van der Waals surface area (Å²) in [7, 11) is 0. The third kappa shape index (κ3) is 1.83. The van der Waals surface area contributed by atoms with Crippen LogP contribution >= 0.6 is 0 Å². The van der Waals surface area contributed by atoms with Crippen molar-refractivity contribution in [1.82, 2.24) is 0 Å². The zero-order chi connectivity index (χ0) is 10.7. The van der Waals surface area contributed by atoms with Gasteiger partial charge in [0.25, 0.3) is 0 Å². The van der Waals surface area contributed by atoms with Crippen molar-refractivity contribution < 1.29 is 14.6 Å². The molecule has 0 saturated carbocycles. The number of fused-ring (bicyclic) bond motifs is 1. The van der Waals surface area contributed by atoms with Gasteiger partial charge in [0, 0.05) is 6.42 Å². The SMILES string of the molecule is C=CCC1(CO)COc2ccccc2O1. The minimum atomic E-state index is -0.671. The Balaban J connectivity index is 2.26. The Morgan fingerprint density at radius 1 is 1.40 bits per heavy atom. The van der Waals surface area contributed by atoms with Crippen LogP contribution in [0.4, 0.5) is 0 Å². The standard InChI is InChI=1S/C12H14O3/c1-2-7-12(8-13)9-14-10-5-3-4-6-11(10)15-12/h2-6,13H,1,7-9H2. The second kappa shape index (κ2) is 3.95. The summed E-state index contributed by atoms with van der Waals surface area (Å²) in [5, 5.41) is 9.35. The molecule has 0 amide bonds. The Morgan fingerprint density at radius 2 is 2.13 bits per heavy atom. The van der Waals surface area contributed by atoms with Gasteiger partial charge in [0.1, 0.15) is 6.61 Å². The van der Waals surface area contributed by atoms with Crippen LogP contribution in [0.15, 0.2) is 36.9 Å². The van der Waals surface area contributed by atoms with Gasteiger partial charge >= 0.3 is 0 Å². The van der Waals surface area contributed by atoms with Crippen LogP contribution in [0, 0.1) is 0 Å². The van der Waals surface area contributed by atoms with E-state index in [1.807, 2.05) is 24.3 Å². The maximum atomic E-state index is 9.35. The summed E-state index contributed by atoms with van der Waals surface area (Å²) in [6.45, 7) is 3.93. The highest BCUT2D eigenvalue weighted by Gasteiger charge is 2.36. The van der Waals surface area contributed by atoms with Gasteiger partial charge in [-0.25, -0.2) is 0 Å². The van der Waals surface area contributed by atoms with Crippen molar-refractivity contribution in [3.8, 4) is 11.5 Å². The number of hydrogen-bond donors (Lipinski definition) is 1. The third-order valence-corrected chi connectivity index (χ3v) is 2.47. The highest BCUT2D eigenvalue weighted by atomic mass is 16.6. The molecule has 80 valence electrons. The van der Waals surface area contributed by atoms with Crippen LogP contribution in [0.1, 0.15) is 6.42 Å². The molecule has 0 bridgehead atoms. The van der Waals surface area contributed by atoms with Gasteiger partial charge in [-0.2, -0.15) is 0 Å². The van der Waals surface area contributed by atoms with E-state index in [4.69, 9.17) is 9.47 Å². The molecule has 0 aliphatic carbocycles. The van der Waals surface area contributed by atoms with Crippen molar-refractivity contribution in [2.24, 2.45) is 0 Å². The molecule has 1 aliphatic heterocycles. The fraction of sp³-hybridized carbons (Fsp3) is 0.333. The zero-order valence-corrected chi connectivity index (χ0v) is 8.48. The number of ether oxygens (including phenoxy) is 2. The Bertz CT molecular complexity index is 362. The maximum absolute atomic E-state index is 9.35. The van der Waals surface area contributed by atoms with Crippen molar-refractivity contribution >= 4 is 0 Å². The van der Waals surface area contributed by atoms with E-state index in [0.29, 0.717) is 18.8 Å². The van der Waals surface area contributed by atoms with E-state index in [1.54, 1.807) is 6.08 Å². The van der Waals surface area contributed by atoms with Crippen molar-refractivity contribution in [3.63, 3.8) is 0 Å². The molecular weight excluding hydrogens is 192 g/mol. The van der Waals surface area contributed by atoms with Gasteiger partial charge in [-0.1, -0.05) is 18.2 Å². The third-order valence-electron chi connectivity index (χ3n) is 2.47. The summed E-state index contributed by atoms with van der Waals surface area (Å²) >= 11 is 0. The second-order valence-electron chi connectivity index (χ2n) is 3.67. The number of para-hydroxylation sites is 2. The molecule has 0 aromatic heterocycles. The number of benzene rings is 1. The first-order chi connectivity index (χ1) is 7.29. The van der Waals surface area contributed by atoms with E-state index in [9.17, 15) is 5.11 Å². The first-order valence-electron chi connectivity index (χ1n) is 4.92. The van der Waals surface area contributed by atoms with Crippen LogP contribution in [0.3, 0.4) is 0 Å².